The van der Waals surface area contributed by atoms with Crippen molar-refractivity contribution in [2.75, 3.05) is 25.1 Å². The second-order valence-corrected chi connectivity index (χ2v) is 5.53. The maximum Gasteiger partial charge on any atom is 0.243 e. The van der Waals surface area contributed by atoms with Gasteiger partial charge in [0.25, 0.3) is 0 Å². The number of nitrogens with zero attached hydrogens (tertiary/aromatic N) is 2. The molecule has 0 unspecified atom stereocenters. The summed E-state index contributed by atoms with van der Waals surface area (Å²) in [5.74, 6) is 5.48. The summed E-state index contributed by atoms with van der Waals surface area (Å²) in [4.78, 5) is 3.99. The zero-order chi connectivity index (χ0) is 13.6. The summed E-state index contributed by atoms with van der Waals surface area (Å²) < 4.78 is 25.9. The number of aromatic nitrogens is 1. The van der Waals surface area contributed by atoms with Crippen LogP contribution in [0, 0.1) is 0 Å². The molecule has 7 nitrogen and oxygen atoms in total. The maximum atomic E-state index is 12.3. The van der Waals surface area contributed by atoms with E-state index in [1.165, 1.54) is 22.6 Å². The van der Waals surface area contributed by atoms with Crippen LogP contribution in [0.5, 0.6) is 0 Å². The van der Waals surface area contributed by atoms with Crippen LogP contribution in [0.1, 0.15) is 13.3 Å². The third-order valence-electron chi connectivity index (χ3n) is 2.44. The molecule has 1 heterocycles. The van der Waals surface area contributed by atoms with Crippen molar-refractivity contribution < 1.29 is 13.5 Å². The lowest BCUT2D eigenvalue weighted by Crippen LogP contribution is -2.32. The highest BCUT2D eigenvalue weighted by Gasteiger charge is 2.22. The highest BCUT2D eigenvalue weighted by atomic mass is 32.2. The van der Waals surface area contributed by atoms with Gasteiger partial charge in [0.15, 0.2) is 0 Å². The predicted molar refractivity (Wildman–Crippen MR) is 68.2 cm³/mol. The predicted octanol–water partition coefficient (Wildman–Crippen LogP) is -0.240. The van der Waals surface area contributed by atoms with E-state index in [4.69, 9.17) is 10.9 Å². The first-order chi connectivity index (χ1) is 8.56. The fraction of sp³-hybridized carbons (Fsp3) is 0.500. The molecule has 1 aromatic heterocycles. The van der Waals surface area contributed by atoms with Crippen LogP contribution in [0.15, 0.2) is 23.2 Å². The number of sulfonamides is 1. The minimum atomic E-state index is -3.57. The Morgan fingerprint density at radius 1 is 1.56 bits per heavy atom. The van der Waals surface area contributed by atoms with E-state index < -0.39 is 10.0 Å². The Balaban J connectivity index is 3.02. The van der Waals surface area contributed by atoms with E-state index in [0.29, 0.717) is 13.0 Å². The maximum absolute atomic E-state index is 12.3. The van der Waals surface area contributed by atoms with Crippen molar-refractivity contribution in [3.05, 3.63) is 18.3 Å². The number of hydrogen-bond acceptors (Lipinski definition) is 6. The molecule has 1 aromatic rings. The average molecular weight is 274 g/mol. The minimum Gasteiger partial charge on any atom is -0.396 e. The number of rotatable bonds is 7. The van der Waals surface area contributed by atoms with E-state index >= 15 is 0 Å². The molecular formula is C10H18N4O3S. The van der Waals surface area contributed by atoms with Gasteiger partial charge in [0.1, 0.15) is 5.82 Å². The van der Waals surface area contributed by atoms with Gasteiger partial charge in [-0.2, -0.15) is 4.31 Å². The standard InChI is InChI=1S/C10H18N4O3S/c1-2-14(6-3-7-15)18(16,17)9-4-5-12-10(8-9)13-11/h4-5,8,15H,2-3,6-7,11H2,1H3,(H,12,13). The molecular weight excluding hydrogens is 256 g/mol. The van der Waals surface area contributed by atoms with Gasteiger partial charge in [-0.15, -0.1) is 0 Å². The van der Waals surface area contributed by atoms with Crippen LogP contribution in [0.2, 0.25) is 0 Å². The molecule has 0 aliphatic heterocycles. The number of aliphatic hydroxyl groups excluding tert-OH is 1. The SMILES string of the molecule is CCN(CCCO)S(=O)(=O)c1ccnc(NN)c1. The lowest BCUT2D eigenvalue weighted by Gasteiger charge is -2.20. The number of hydrogen-bond donors (Lipinski definition) is 3. The fourth-order valence-electron chi connectivity index (χ4n) is 1.49. The van der Waals surface area contributed by atoms with Crippen molar-refractivity contribution in [3.8, 4) is 0 Å². The molecule has 0 aliphatic carbocycles. The van der Waals surface area contributed by atoms with Gasteiger partial charge in [-0.05, 0) is 12.5 Å². The summed E-state index contributed by atoms with van der Waals surface area (Å²) in [6.45, 7) is 2.33. The molecule has 0 spiro atoms. The van der Waals surface area contributed by atoms with Crippen molar-refractivity contribution in [1.82, 2.24) is 9.29 Å². The lowest BCUT2D eigenvalue weighted by molar-refractivity contribution is 0.271. The quantitative estimate of drug-likeness (QED) is 0.468. The fourth-order valence-corrected chi connectivity index (χ4v) is 3.00. The molecule has 0 bridgehead atoms. The summed E-state index contributed by atoms with van der Waals surface area (Å²) in [5, 5.41) is 8.77. The first-order valence-electron chi connectivity index (χ1n) is 5.60. The van der Waals surface area contributed by atoms with E-state index in [1.54, 1.807) is 6.92 Å². The number of nitrogens with two attached hydrogens (primary N) is 1. The monoisotopic (exact) mass is 274 g/mol. The van der Waals surface area contributed by atoms with Gasteiger partial charge < -0.3 is 10.5 Å². The van der Waals surface area contributed by atoms with Gasteiger partial charge in [0, 0.05) is 32.0 Å². The second-order valence-electron chi connectivity index (χ2n) is 3.59. The molecule has 4 N–H and O–H groups in total. The normalized spacial score (nSPS) is 11.8. The molecule has 0 saturated carbocycles. The Labute approximate surface area is 107 Å². The second kappa shape index (κ2) is 6.64. The van der Waals surface area contributed by atoms with Crippen molar-refractivity contribution in [2.24, 2.45) is 5.84 Å². The third kappa shape index (κ3) is 3.39. The van der Waals surface area contributed by atoms with E-state index in [9.17, 15) is 8.42 Å². The lowest BCUT2D eigenvalue weighted by atomic mass is 10.4. The Morgan fingerprint density at radius 3 is 2.83 bits per heavy atom. The molecule has 0 atom stereocenters. The first-order valence-corrected chi connectivity index (χ1v) is 7.04. The number of pyridine rings is 1. The molecule has 1 rings (SSSR count). The van der Waals surface area contributed by atoms with Crippen LogP contribution < -0.4 is 11.3 Å². The number of hydrazine groups is 1. The molecule has 0 radical (unpaired) electrons. The highest BCUT2D eigenvalue weighted by molar-refractivity contribution is 7.89. The Bertz CT molecular complexity index is 478. The topological polar surface area (TPSA) is 109 Å². The molecule has 0 saturated heterocycles. The van der Waals surface area contributed by atoms with E-state index in [-0.39, 0.29) is 23.9 Å². The molecule has 8 heteroatoms. The van der Waals surface area contributed by atoms with Gasteiger partial charge in [-0.25, -0.2) is 19.2 Å². The van der Waals surface area contributed by atoms with Gasteiger partial charge in [0.2, 0.25) is 10.0 Å². The van der Waals surface area contributed by atoms with Crippen LogP contribution in [0.4, 0.5) is 5.82 Å². The molecule has 0 aromatic carbocycles. The van der Waals surface area contributed by atoms with E-state index in [2.05, 4.69) is 10.4 Å². The molecule has 102 valence electrons. The molecule has 0 amide bonds. The summed E-state index contributed by atoms with van der Waals surface area (Å²) in [7, 11) is -3.57. The number of anilines is 1. The summed E-state index contributed by atoms with van der Waals surface area (Å²) in [6.07, 6.45) is 1.78. The van der Waals surface area contributed by atoms with Crippen molar-refractivity contribution in [2.45, 2.75) is 18.2 Å². The van der Waals surface area contributed by atoms with Crippen molar-refractivity contribution in [3.63, 3.8) is 0 Å². The minimum absolute atomic E-state index is 0.0437. The summed E-state index contributed by atoms with van der Waals surface area (Å²) >= 11 is 0. The third-order valence-corrected chi connectivity index (χ3v) is 4.41. The van der Waals surface area contributed by atoms with Crippen molar-refractivity contribution in [1.29, 1.82) is 0 Å². The van der Waals surface area contributed by atoms with E-state index in [0.717, 1.165) is 0 Å². The highest BCUT2D eigenvalue weighted by Crippen LogP contribution is 2.17. The number of aliphatic hydroxyl groups is 1. The van der Waals surface area contributed by atoms with Crippen LogP contribution in [-0.2, 0) is 10.0 Å². The van der Waals surface area contributed by atoms with Crippen LogP contribution in [-0.4, -0.2) is 42.5 Å². The molecule has 0 aliphatic rings. The zero-order valence-electron chi connectivity index (χ0n) is 10.2. The molecule has 18 heavy (non-hydrogen) atoms. The van der Waals surface area contributed by atoms with Gasteiger partial charge in [0.05, 0.1) is 4.90 Å². The van der Waals surface area contributed by atoms with Crippen LogP contribution in [0.25, 0.3) is 0 Å². The first kappa shape index (κ1) is 14.8. The largest absolute Gasteiger partial charge is 0.396 e. The number of nitrogens with one attached hydrogen (secondary N) is 1. The Morgan fingerprint density at radius 2 is 2.28 bits per heavy atom. The zero-order valence-corrected chi connectivity index (χ0v) is 11.0. The van der Waals surface area contributed by atoms with Crippen molar-refractivity contribution >= 4 is 15.8 Å². The Kier molecular flexibility index (Phi) is 5.48. The van der Waals surface area contributed by atoms with Gasteiger partial charge in [-0.1, -0.05) is 6.92 Å². The Hall–Kier alpha value is -1.22. The molecule has 0 fully saturated rings. The smallest absolute Gasteiger partial charge is 0.243 e. The number of nitrogen functional groups attached to an aromatic ring is 1. The van der Waals surface area contributed by atoms with Crippen LogP contribution >= 0.6 is 0 Å². The van der Waals surface area contributed by atoms with Crippen LogP contribution in [0.3, 0.4) is 0 Å². The average Bonchev–Trinajstić information content (AvgIpc) is 2.39. The van der Waals surface area contributed by atoms with Gasteiger partial charge in [-0.3, -0.25) is 0 Å². The van der Waals surface area contributed by atoms with E-state index in [1.807, 2.05) is 0 Å². The summed E-state index contributed by atoms with van der Waals surface area (Å²) in [6, 6.07) is 2.79. The summed E-state index contributed by atoms with van der Waals surface area (Å²) in [5.41, 5.74) is 2.31. The van der Waals surface area contributed by atoms with Gasteiger partial charge >= 0.3 is 0 Å².